The molecule has 0 bridgehead atoms. The minimum atomic E-state index is 0.0243. The van der Waals surface area contributed by atoms with Gasteiger partial charge in [-0.05, 0) is 13.0 Å². The first-order valence-corrected chi connectivity index (χ1v) is 3.18. The molecule has 2 nitrogen and oxygen atoms in total. The molecule has 0 radical (unpaired) electrons. The van der Waals surface area contributed by atoms with Crippen LogP contribution in [0.25, 0.3) is 0 Å². The highest BCUT2D eigenvalue weighted by Gasteiger charge is 1.85. The summed E-state index contributed by atoms with van der Waals surface area (Å²) in [5, 5.41) is 0. The number of ketones is 1. The SMILES string of the molecule is C/C=C/C(=O)/C=C/N(C)C. The zero-order valence-corrected chi connectivity index (χ0v) is 6.66. The van der Waals surface area contributed by atoms with Crippen molar-refractivity contribution in [1.82, 2.24) is 4.90 Å². The summed E-state index contributed by atoms with van der Waals surface area (Å²) < 4.78 is 0. The van der Waals surface area contributed by atoms with E-state index in [1.165, 1.54) is 12.2 Å². The zero-order valence-electron chi connectivity index (χ0n) is 6.66. The predicted molar refractivity (Wildman–Crippen MR) is 42.6 cm³/mol. The van der Waals surface area contributed by atoms with Gasteiger partial charge in [-0.15, -0.1) is 0 Å². The molecular weight excluding hydrogens is 126 g/mol. The largest absolute Gasteiger partial charge is 0.383 e. The summed E-state index contributed by atoms with van der Waals surface area (Å²) in [6.45, 7) is 1.82. The fourth-order valence-electron chi connectivity index (χ4n) is 0.442. The van der Waals surface area contributed by atoms with Gasteiger partial charge in [0.25, 0.3) is 0 Å². The first-order chi connectivity index (χ1) is 4.66. The highest BCUT2D eigenvalue weighted by molar-refractivity contribution is 5.98. The number of carbonyl (C=O) groups excluding carboxylic acids is 1. The lowest BCUT2D eigenvalue weighted by Crippen LogP contribution is -2.01. The Bertz CT molecular complexity index is 157. The first-order valence-electron chi connectivity index (χ1n) is 3.18. The summed E-state index contributed by atoms with van der Waals surface area (Å²) in [7, 11) is 3.75. The monoisotopic (exact) mass is 139 g/mol. The third kappa shape index (κ3) is 5.09. The van der Waals surface area contributed by atoms with Crippen molar-refractivity contribution < 1.29 is 4.79 Å². The number of rotatable bonds is 3. The van der Waals surface area contributed by atoms with E-state index in [-0.39, 0.29) is 5.78 Å². The number of hydrogen-bond donors (Lipinski definition) is 0. The fraction of sp³-hybridized carbons (Fsp3) is 0.375. The smallest absolute Gasteiger partial charge is 0.179 e. The van der Waals surface area contributed by atoms with E-state index in [2.05, 4.69) is 0 Å². The van der Waals surface area contributed by atoms with Crippen molar-refractivity contribution in [3.63, 3.8) is 0 Å². The van der Waals surface area contributed by atoms with E-state index in [1.807, 2.05) is 25.9 Å². The lowest BCUT2D eigenvalue weighted by atomic mass is 10.3. The van der Waals surface area contributed by atoms with Crippen LogP contribution in [-0.4, -0.2) is 24.8 Å². The van der Waals surface area contributed by atoms with Crippen LogP contribution in [0.2, 0.25) is 0 Å². The van der Waals surface area contributed by atoms with Gasteiger partial charge in [0.1, 0.15) is 0 Å². The van der Waals surface area contributed by atoms with E-state index >= 15 is 0 Å². The lowest BCUT2D eigenvalue weighted by Gasteiger charge is -2.00. The molecule has 0 spiro atoms. The number of allylic oxidation sites excluding steroid dienone is 3. The van der Waals surface area contributed by atoms with Gasteiger partial charge in [0.05, 0.1) is 0 Å². The van der Waals surface area contributed by atoms with E-state index in [0.717, 1.165) is 0 Å². The standard InChI is InChI=1S/C8H13NO/c1-4-5-8(10)6-7-9(2)3/h4-7H,1-3H3/b5-4+,7-6+. The molecule has 0 aliphatic heterocycles. The molecule has 2 heteroatoms. The van der Waals surface area contributed by atoms with Gasteiger partial charge in [-0.3, -0.25) is 4.79 Å². The summed E-state index contributed by atoms with van der Waals surface area (Å²) in [6.07, 6.45) is 6.50. The summed E-state index contributed by atoms with van der Waals surface area (Å²) in [5.41, 5.74) is 0. The van der Waals surface area contributed by atoms with Crippen LogP contribution in [-0.2, 0) is 4.79 Å². The van der Waals surface area contributed by atoms with Gasteiger partial charge in [-0.1, -0.05) is 6.08 Å². The van der Waals surface area contributed by atoms with E-state index in [1.54, 1.807) is 12.3 Å². The van der Waals surface area contributed by atoms with Crippen molar-refractivity contribution in [3.05, 3.63) is 24.4 Å². The van der Waals surface area contributed by atoms with Crippen LogP contribution in [0.15, 0.2) is 24.4 Å². The van der Waals surface area contributed by atoms with Crippen LogP contribution in [0.3, 0.4) is 0 Å². The van der Waals surface area contributed by atoms with Crippen LogP contribution in [0.1, 0.15) is 6.92 Å². The van der Waals surface area contributed by atoms with Crippen LogP contribution in [0.4, 0.5) is 0 Å². The van der Waals surface area contributed by atoms with E-state index < -0.39 is 0 Å². The molecule has 0 unspecified atom stereocenters. The van der Waals surface area contributed by atoms with Crippen molar-refractivity contribution in [3.8, 4) is 0 Å². The molecule has 0 heterocycles. The Morgan fingerprint density at radius 2 is 1.90 bits per heavy atom. The average molecular weight is 139 g/mol. The molecule has 0 atom stereocenters. The van der Waals surface area contributed by atoms with Gasteiger partial charge in [0.15, 0.2) is 5.78 Å². The third-order valence-corrected chi connectivity index (χ3v) is 0.868. The lowest BCUT2D eigenvalue weighted by molar-refractivity contribution is -0.110. The van der Waals surface area contributed by atoms with Crippen LogP contribution in [0, 0.1) is 0 Å². The van der Waals surface area contributed by atoms with Gasteiger partial charge in [-0.25, -0.2) is 0 Å². The molecule has 0 aliphatic rings. The number of carbonyl (C=O) groups is 1. The maximum atomic E-state index is 10.7. The zero-order chi connectivity index (χ0) is 7.98. The Labute approximate surface area is 61.8 Å². The molecular formula is C8H13NO. The van der Waals surface area contributed by atoms with Gasteiger partial charge in [-0.2, -0.15) is 0 Å². The second kappa shape index (κ2) is 4.79. The van der Waals surface area contributed by atoms with Crippen molar-refractivity contribution in [2.24, 2.45) is 0 Å². The molecule has 56 valence electrons. The van der Waals surface area contributed by atoms with Crippen molar-refractivity contribution in [2.45, 2.75) is 6.92 Å². The molecule has 0 aromatic rings. The molecule has 0 amide bonds. The highest BCUT2D eigenvalue weighted by Crippen LogP contribution is 1.82. The molecule has 0 saturated heterocycles. The van der Waals surface area contributed by atoms with Crippen molar-refractivity contribution >= 4 is 5.78 Å². The molecule has 0 aromatic carbocycles. The Morgan fingerprint density at radius 1 is 1.30 bits per heavy atom. The fourth-order valence-corrected chi connectivity index (χ4v) is 0.442. The Morgan fingerprint density at radius 3 is 2.30 bits per heavy atom. The predicted octanol–water partition coefficient (Wildman–Crippen LogP) is 1.21. The molecule has 0 N–H and O–H groups in total. The Kier molecular flexibility index (Phi) is 4.29. The molecule has 0 saturated carbocycles. The second-order valence-electron chi connectivity index (χ2n) is 2.18. The minimum Gasteiger partial charge on any atom is -0.383 e. The average Bonchev–Trinajstić information content (AvgIpc) is 1.85. The highest BCUT2D eigenvalue weighted by atomic mass is 16.1. The molecule has 10 heavy (non-hydrogen) atoms. The van der Waals surface area contributed by atoms with E-state index in [9.17, 15) is 4.79 Å². The molecule has 0 aromatic heterocycles. The maximum absolute atomic E-state index is 10.7. The minimum absolute atomic E-state index is 0.0243. The Balaban J connectivity index is 3.78. The summed E-state index contributed by atoms with van der Waals surface area (Å²) >= 11 is 0. The van der Waals surface area contributed by atoms with Crippen molar-refractivity contribution in [1.29, 1.82) is 0 Å². The number of nitrogens with zero attached hydrogens (tertiary/aromatic N) is 1. The van der Waals surface area contributed by atoms with Crippen molar-refractivity contribution in [2.75, 3.05) is 14.1 Å². The topological polar surface area (TPSA) is 20.3 Å². The van der Waals surface area contributed by atoms with Gasteiger partial charge in [0.2, 0.25) is 0 Å². The number of hydrogen-bond acceptors (Lipinski definition) is 2. The first kappa shape index (κ1) is 8.95. The summed E-state index contributed by atoms with van der Waals surface area (Å²) in [6, 6.07) is 0. The maximum Gasteiger partial charge on any atom is 0.179 e. The van der Waals surface area contributed by atoms with Crippen LogP contribution < -0.4 is 0 Å². The van der Waals surface area contributed by atoms with E-state index in [4.69, 9.17) is 0 Å². The molecule has 0 rings (SSSR count). The third-order valence-electron chi connectivity index (χ3n) is 0.868. The van der Waals surface area contributed by atoms with Gasteiger partial charge < -0.3 is 4.90 Å². The summed E-state index contributed by atoms with van der Waals surface area (Å²) in [4.78, 5) is 12.6. The van der Waals surface area contributed by atoms with Crippen LogP contribution >= 0.6 is 0 Å². The normalized spacial score (nSPS) is 11.1. The summed E-state index contributed by atoms with van der Waals surface area (Å²) in [5.74, 6) is 0.0243. The van der Waals surface area contributed by atoms with E-state index in [0.29, 0.717) is 0 Å². The molecule has 0 aliphatic carbocycles. The Hall–Kier alpha value is -1.05. The molecule has 0 fully saturated rings. The van der Waals surface area contributed by atoms with Gasteiger partial charge in [0, 0.05) is 26.4 Å². The van der Waals surface area contributed by atoms with Crippen LogP contribution in [0.5, 0.6) is 0 Å². The second-order valence-corrected chi connectivity index (χ2v) is 2.18. The van der Waals surface area contributed by atoms with Gasteiger partial charge >= 0.3 is 0 Å². The quantitative estimate of drug-likeness (QED) is 0.548.